The lowest BCUT2D eigenvalue weighted by atomic mass is 10.1. The van der Waals surface area contributed by atoms with Crippen molar-refractivity contribution in [2.75, 3.05) is 24.3 Å². The van der Waals surface area contributed by atoms with E-state index >= 15 is 0 Å². The van der Waals surface area contributed by atoms with Crippen molar-refractivity contribution in [2.24, 2.45) is 0 Å². The van der Waals surface area contributed by atoms with Crippen molar-refractivity contribution < 1.29 is 0 Å². The molecule has 0 aliphatic rings. The van der Waals surface area contributed by atoms with Crippen LogP contribution in [0.3, 0.4) is 0 Å². The van der Waals surface area contributed by atoms with Crippen LogP contribution < -0.4 is 10.2 Å². The number of hydrogen-bond acceptors (Lipinski definition) is 2. The molecule has 0 aromatic heterocycles. The van der Waals surface area contributed by atoms with E-state index in [1.165, 1.54) is 33.6 Å². The summed E-state index contributed by atoms with van der Waals surface area (Å²) in [5.41, 5.74) is 7.73. The molecule has 2 heteroatoms. The van der Waals surface area contributed by atoms with E-state index in [-0.39, 0.29) is 0 Å². The summed E-state index contributed by atoms with van der Waals surface area (Å²) in [4.78, 5) is 2.15. The van der Waals surface area contributed by atoms with E-state index in [4.69, 9.17) is 0 Å². The fourth-order valence-electron chi connectivity index (χ4n) is 2.39. The largest absolute Gasteiger partial charge is 0.381 e. The lowest BCUT2D eigenvalue weighted by molar-refractivity contribution is 1.09. The van der Waals surface area contributed by atoms with Gasteiger partial charge in [0.05, 0.1) is 0 Å². The van der Waals surface area contributed by atoms with Gasteiger partial charge in [-0.25, -0.2) is 0 Å². The van der Waals surface area contributed by atoms with Gasteiger partial charge in [0.1, 0.15) is 0 Å². The number of anilines is 2. The van der Waals surface area contributed by atoms with Gasteiger partial charge in [-0.2, -0.15) is 0 Å². The van der Waals surface area contributed by atoms with E-state index in [0.29, 0.717) is 0 Å². The van der Waals surface area contributed by atoms with E-state index in [1.54, 1.807) is 0 Å². The van der Waals surface area contributed by atoms with Crippen molar-refractivity contribution in [3.63, 3.8) is 0 Å². The van der Waals surface area contributed by atoms with Crippen LogP contribution in [-0.2, 0) is 6.54 Å². The zero-order valence-electron chi connectivity index (χ0n) is 13.1. The molecule has 0 bridgehead atoms. The summed E-state index contributed by atoms with van der Waals surface area (Å²) < 4.78 is 0. The summed E-state index contributed by atoms with van der Waals surface area (Å²) in [5.74, 6) is 0. The van der Waals surface area contributed by atoms with Crippen molar-refractivity contribution in [1.29, 1.82) is 0 Å². The highest BCUT2D eigenvalue weighted by Gasteiger charge is 2.03. The maximum absolute atomic E-state index is 3.52. The lowest BCUT2D eigenvalue weighted by Crippen LogP contribution is -2.11. The first-order valence-corrected chi connectivity index (χ1v) is 7.05. The molecule has 0 aliphatic carbocycles. The second-order valence-electron chi connectivity index (χ2n) is 5.68. The molecule has 2 rings (SSSR count). The molecular weight excluding hydrogens is 244 g/mol. The first-order valence-electron chi connectivity index (χ1n) is 7.05. The fraction of sp³-hybridized carbons (Fsp3) is 0.333. The molecule has 0 unspecified atom stereocenters. The Hall–Kier alpha value is -1.96. The van der Waals surface area contributed by atoms with Gasteiger partial charge in [0.2, 0.25) is 0 Å². The molecule has 0 amide bonds. The average Bonchev–Trinajstić information content (AvgIpc) is 2.41. The SMILES string of the molecule is Cc1ccc(C)c(CNc2ccc(C)c(N(C)C)c2)c1. The van der Waals surface area contributed by atoms with Crippen LogP contribution >= 0.6 is 0 Å². The molecule has 20 heavy (non-hydrogen) atoms. The summed E-state index contributed by atoms with van der Waals surface area (Å²) in [6.45, 7) is 7.31. The molecule has 0 fully saturated rings. The Morgan fingerprint density at radius 2 is 1.60 bits per heavy atom. The molecular formula is C18H24N2. The Bertz CT molecular complexity index is 600. The molecule has 0 saturated carbocycles. The Kier molecular flexibility index (Phi) is 4.33. The second kappa shape index (κ2) is 6.00. The monoisotopic (exact) mass is 268 g/mol. The minimum Gasteiger partial charge on any atom is -0.381 e. The Morgan fingerprint density at radius 1 is 0.900 bits per heavy atom. The maximum Gasteiger partial charge on any atom is 0.0411 e. The first kappa shape index (κ1) is 14.4. The number of nitrogens with zero attached hydrogens (tertiary/aromatic N) is 1. The van der Waals surface area contributed by atoms with Crippen molar-refractivity contribution in [1.82, 2.24) is 0 Å². The molecule has 0 aliphatic heterocycles. The first-order chi connectivity index (χ1) is 9.47. The van der Waals surface area contributed by atoms with E-state index < -0.39 is 0 Å². The molecule has 0 saturated heterocycles. The van der Waals surface area contributed by atoms with Gasteiger partial charge in [-0.15, -0.1) is 0 Å². The zero-order valence-corrected chi connectivity index (χ0v) is 13.1. The molecule has 1 N–H and O–H groups in total. The van der Waals surface area contributed by atoms with Crippen LogP contribution in [0.5, 0.6) is 0 Å². The number of benzene rings is 2. The number of nitrogens with one attached hydrogen (secondary N) is 1. The predicted octanol–water partition coefficient (Wildman–Crippen LogP) is 4.29. The van der Waals surface area contributed by atoms with Gasteiger partial charge >= 0.3 is 0 Å². The van der Waals surface area contributed by atoms with Gasteiger partial charge in [0.25, 0.3) is 0 Å². The minimum absolute atomic E-state index is 0.865. The van der Waals surface area contributed by atoms with Gasteiger partial charge in [0, 0.05) is 32.0 Å². The van der Waals surface area contributed by atoms with E-state index in [1.807, 2.05) is 0 Å². The van der Waals surface area contributed by atoms with Crippen LogP contribution in [0.25, 0.3) is 0 Å². The van der Waals surface area contributed by atoms with Gasteiger partial charge in [-0.05, 0) is 49.6 Å². The van der Waals surface area contributed by atoms with Crippen LogP contribution in [0.1, 0.15) is 22.3 Å². The van der Waals surface area contributed by atoms with Crippen LogP contribution in [-0.4, -0.2) is 14.1 Å². The highest BCUT2D eigenvalue weighted by molar-refractivity contribution is 5.62. The smallest absolute Gasteiger partial charge is 0.0411 e. The Balaban J connectivity index is 2.15. The molecule has 2 aromatic rings. The average molecular weight is 268 g/mol. The van der Waals surface area contributed by atoms with Crippen molar-refractivity contribution in [3.05, 3.63) is 58.7 Å². The quantitative estimate of drug-likeness (QED) is 0.890. The summed E-state index contributed by atoms with van der Waals surface area (Å²) in [6.07, 6.45) is 0. The molecule has 0 atom stereocenters. The van der Waals surface area contributed by atoms with Crippen molar-refractivity contribution >= 4 is 11.4 Å². The molecule has 0 heterocycles. The van der Waals surface area contributed by atoms with Gasteiger partial charge in [-0.1, -0.05) is 29.8 Å². The molecule has 2 aromatic carbocycles. The number of hydrogen-bond donors (Lipinski definition) is 1. The molecule has 0 spiro atoms. The summed E-state index contributed by atoms with van der Waals surface area (Å²) in [5, 5.41) is 3.52. The third-order valence-corrected chi connectivity index (χ3v) is 3.68. The van der Waals surface area contributed by atoms with E-state index in [2.05, 4.69) is 81.5 Å². The Labute approximate surface area is 122 Å². The zero-order chi connectivity index (χ0) is 14.7. The predicted molar refractivity (Wildman–Crippen MR) is 88.7 cm³/mol. The molecule has 106 valence electrons. The van der Waals surface area contributed by atoms with Crippen molar-refractivity contribution in [3.8, 4) is 0 Å². The van der Waals surface area contributed by atoms with Crippen LogP contribution in [0, 0.1) is 20.8 Å². The van der Waals surface area contributed by atoms with Crippen LogP contribution in [0.2, 0.25) is 0 Å². The highest BCUT2D eigenvalue weighted by atomic mass is 15.1. The van der Waals surface area contributed by atoms with Crippen LogP contribution in [0.15, 0.2) is 36.4 Å². The fourth-order valence-corrected chi connectivity index (χ4v) is 2.39. The topological polar surface area (TPSA) is 15.3 Å². The highest BCUT2D eigenvalue weighted by Crippen LogP contribution is 2.23. The van der Waals surface area contributed by atoms with Crippen molar-refractivity contribution in [2.45, 2.75) is 27.3 Å². The van der Waals surface area contributed by atoms with Gasteiger partial charge in [-0.3, -0.25) is 0 Å². The third kappa shape index (κ3) is 3.32. The summed E-state index contributed by atoms with van der Waals surface area (Å²) in [7, 11) is 4.16. The lowest BCUT2D eigenvalue weighted by Gasteiger charge is -2.18. The number of aryl methyl sites for hydroxylation is 3. The minimum atomic E-state index is 0.865. The van der Waals surface area contributed by atoms with E-state index in [0.717, 1.165) is 6.54 Å². The summed E-state index contributed by atoms with van der Waals surface area (Å²) >= 11 is 0. The standard InChI is InChI=1S/C18H24N2/c1-13-6-7-14(2)16(10-13)12-19-17-9-8-15(3)18(11-17)20(4)5/h6-11,19H,12H2,1-5H3. The Morgan fingerprint density at radius 3 is 2.30 bits per heavy atom. The normalized spacial score (nSPS) is 10.4. The maximum atomic E-state index is 3.52. The number of rotatable bonds is 4. The van der Waals surface area contributed by atoms with Gasteiger partial charge < -0.3 is 10.2 Å². The molecule has 0 radical (unpaired) electrons. The van der Waals surface area contributed by atoms with E-state index in [9.17, 15) is 0 Å². The third-order valence-electron chi connectivity index (χ3n) is 3.68. The second-order valence-corrected chi connectivity index (χ2v) is 5.68. The molecule has 2 nitrogen and oxygen atoms in total. The van der Waals surface area contributed by atoms with Crippen LogP contribution in [0.4, 0.5) is 11.4 Å². The summed E-state index contributed by atoms with van der Waals surface area (Å²) in [6, 6.07) is 13.1. The van der Waals surface area contributed by atoms with Gasteiger partial charge in [0.15, 0.2) is 0 Å².